The second kappa shape index (κ2) is 3.69. The van der Waals surface area contributed by atoms with Crippen LogP contribution in [0.4, 0.5) is 0 Å². The summed E-state index contributed by atoms with van der Waals surface area (Å²) in [5, 5.41) is 35.6. The van der Waals surface area contributed by atoms with E-state index in [1.807, 2.05) is 0 Å². The molecule has 2 saturated carbocycles. The number of aliphatic carboxylic acids is 4. The maximum atomic E-state index is 10.9. The second-order valence-electron chi connectivity index (χ2n) is 4.61. The van der Waals surface area contributed by atoms with Crippen LogP contribution in [0.1, 0.15) is 0 Å². The third-order valence-electron chi connectivity index (χ3n) is 4.02. The molecule has 8 heteroatoms. The van der Waals surface area contributed by atoms with Crippen molar-refractivity contribution in [2.24, 2.45) is 35.5 Å². The van der Waals surface area contributed by atoms with Crippen LogP contribution >= 0.6 is 0 Å². The topological polar surface area (TPSA) is 149 Å². The highest BCUT2D eigenvalue weighted by atomic mass is 16.4. The highest BCUT2D eigenvalue weighted by Crippen LogP contribution is 2.65. The van der Waals surface area contributed by atoms with Crippen LogP contribution in [0.5, 0.6) is 0 Å². The van der Waals surface area contributed by atoms with Crippen LogP contribution in [-0.2, 0) is 19.2 Å². The molecule has 0 spiro atoms. The van der Waals surface area contributed by atoms with Crippen LogP contribution in [-0.4, -0.2) is 44.3 Å². The molecule has 2 aliphatic rings. The second-order valence-corrected chi connectivity index (χ2v) is 4.61. The maximum absolute atomic E-state index is 10.9. The molecular weight excluding hydrogens is 248 g/mol. The molecule has 0 radical (unpaired) electrons. The van der Waals surface area contributed by atoms with E-state index in [0.29, 0.717) is 0 Å². The molecule has 98 valence electrons. The van der Waals surface area contributed by atoms with Gasteiger partial charge in [0.05, 0.1) is 23.7 Å². The van der Waals surface area contributed by atoms with Crippen LogP contribution in [0.25, 0.3) is 0 Å². The largest absolute Gasteiger partial charge is 0.481 e. The van der Waals surface area contributed by atoms with E-state index >= 15 is 0 Å². The van der Waals surface area contributed by atoms with Gasteiger partial charge in [0.15, 0.2) is 0 Å². The fraction of sp³-hybridized carbons (Fsp3) is 0.600. The molecule has 0 amide bonds. The summed E-state index contributed by atoms with van der Waals surface area (Å²) in [5.41, 5.74) is 0. The molecule has 8 nitrogen and oxygen atoms in total. The number of rotatable bonds is 4. The van der Waals surface area contributed by atoms with E-state index in [-0.39, 0.29) is 0 Å². The Morgan fingerprint density at radius 2 is 0.667 bits per heavy atom. The van der Waals surface area contributed by atoms with Crippen molar-refractivity contribution in [3.05, 3.63) is 0 Å². The van der Waals surface area contributed by atoms with Crippen LogP contribution in [0, 0.1) is 35.5 Å². The van der Waals surface area contributed by atoms with Gasteiger partial charge in [-0.1, -0.05) is 0 Å². The summed E-state index contributed by atoms with van der Waals surface area (Å²) < 4.78 is 0. The first-order valence-electron chi connectivity index (χ1n) is 5.20. The molecule has 0 aromatic heterocycles. The minimum atomic E-state index is -1.39. The zero-order chi connectivity index (χ0) is 13.8. The van der Waals surface area contributed by atoms with Crippen molar-refractivity contribution >= 4 is 23.9 Å². The average Bonchev–Trinajstić information content (AvgIpc) is 2.16. The summed E-state index contributed by atoms with van der Waals surface area (Å²) in [4.78, 5) is 43.7. The van der Waals surface area contributed by atoms with Gasteiger partial charge < -0.3 is 20.4 Å². The molecule has 0 aromatic carbocycles. The highest BCUT2D eigenvalue weighted by molar-refractivity contribution is 5.90. The van der Waals surface area contributed by atoms with Crippen molar-refractivity contribution in [2.75, 3.05) is 0 Å². The number of hydrogen-bond acceptors (Lipinski definition) is 4. The maximum Gasteiger partial charge on any atom is 0.307 e. The van der Waals surface area contributed by atoms with Crippen molar-refractivity contribution < 1.29 is 39.6 Å². The van der Waals surface area contributed by atoms with Gasteiger partial charge in [0.1, 0.15) is 0 Å². The summed E-state index contributed by atoms with van der Waals surface area (Å²) in [6, 6.07) is 0. The molecule has 4 unspecified atom stereocenters. The van der Waals surface area contributed by atoms with Gasteiger partial charge in [-0.2, -0.15) is 0 Å². The molecule has 18 heavy (non-hydrogen) atoms. The van der Waals surface area contributed by atoms with Gasteiger partial charge in [-0.05, 0) is 11.8 Å². The van der Waals surface area contributed by atoms with Crippen LogP contribution < -0.4 is 0 Å². The summed E-state index contributed by atoms with van der Waals surface area (Å²) in [7, 11) is 0. The molecule has 0 heterocycles. The average molecular weight is 258 g/mol. The number of carbonyl (C=O) groups is 4. The molecular formula is C10H10O8. The first-order valence-corrected chi connectivity index (χ1v) is 5.20. The molecule has 2 fully saturated rings. The summed E-state index contributed by atoms with van der Waals surface area (Å²) in [6.07, 6.45) is 0. The molecule has 0 saturated heterocycles. The fourth-order valence-corrected chi connectivity index (χ4v) is 3.34. The summed E-state index contributed by atoms with van der Waals surface area (Å²) in [6.45, 7) is 0. The number of fused-ring (bicyclic) bond motifs is 1. The van der Waals surface area contributed by atoms with Crippen molar-refractivity contribution in [3.63, 3.8) is 0 Å². The van der Waals surface area contributed by atoms with Gasteiger partial charge in [-0.25, -0.2) is 0 Å². The Morgan fingerprint density at radius 3 is 0.778 bits per heavy atom. The first kappa shape index (κ1) is 12.3. The van der Waals surface area contributed by atoms with Gasteiger partial charge in [-0.3, -0.25) is 19.2 Å². The Morgan fingerprint density at radius 1 is 0.500 bits per heavy atom. The van der Waals surface area contributed by atoms with E-state index in [9.17, 15) is 19.2 Å². The van der Waals surface area contributed by atoms with Gasteiger partial charge in [-0.15, -0.1) is 0 Å². The van der Waals surface area contributed by atoms with Crippen LogP contribution in [0.2, 0.25) is 0 Å². The lowest BCUT2D eigenvalue weighted by Crippen LogP contribution is -2.71. The van der Waals surface area contributed by atoms with Gasteiger partial charge >= 0.3 is 23.9 Å². The third kappa shape index (κ3) is 1.31. The number of carboxylic acids is 4. The van der Waals surface area contributed by atoms with Gasteiger partial charge in [0, 0.05) is 0 Å². The quantitative estimate of drug-likeness (QED) is 0.504. The zero-order valence-electron chi connectivity index (χ0n) is 8.89. The van der Waals surface area contributed by atoms with E-state index in [0.717, 1.165) is 0 Å². The predicted molar refractivity (Wildman–Crippen MR) is 51.5 cm³/mol. The Labute approximate surface area is 99.8 Å². The molecule has 0 aromatic rings. The minimum absolute atomic E-state index is 0.901. The summed E-state index contributed by atoms with van der Waals surface area (Å²) in [5.74, 6) is -12.6. The highest BCUT2D eigenvalue weighted by Gasteiger charge is 2.74. The SMILES string of the molecule is O=C(O)C1C(C(=O)O)C2C(C(=O)O)C(C(=O)O)C12. The van der Waals surface area contributed by atoms with Crippen LogP contribution in [0.15, 0.2) is 0 Å². The van der Waals surface area contributed by atoms with E-state index in [4.69, 9.17) is 20.4 Å². The molecule has 4 atom stereocenters. The Hall–Kier alpha value is -2.12. The lowest BCUT2D eigenvalue weighted by atomic mass is 9.38. The van der Waals surface area contributed by atoms with Crippen LogP contribution in [0.3, 0.4) is 0 Å². The zero-order valence-corrected chi connectivity index (χ0v) is 8.89. The summed E-state index contributed by atoms with van der Waals surface area (Å²) >= 11 is 0. The molecule has 2 rings (SSSR count). The Balaban J connectivity index is 2.31. The van der Waals surface area contributed by atoms with Crippen molar-refractivity contribution in [1.29, 1.82) is 0 Å². The smallest absolute Gasteiger partial charge is 0.307 e. The lowest BCUT2D eigenvalue weighted by Gasteiger charge is -2.61. The number of hydrogen-bond donors (Lipinski definition) is 4. The van der Waals surface area contributed by atoms with Gasteiger partial charge in [0.2, 0.25) is 0 Å². The van der Waals surface area contributed by atoms with Crippen molar-refractivity contribution in [2.45, 2.75) is 0 Å². The Bertz CT molecular complexity index is 373. The standard InChI is InChI=1S/C10H10O8/c11-7(12)3-1-2(5(3)9(15)16)6(10(17)18)4(1)8(13)14/h1-6H,(H,11,12)(H,13,14)(H,15,16)(H,17,18). The van der Waals surface area contributed by atoms with E-state index in [1.165, 1.54) is 0 Å². The minimum Gasteiger partial charge on any atom is -0.481 e. The van der Waals surface area contributed by atoms with Gasteiger partial charge in [0.25, 0.3) is 0 Å². The molecule has 2 aliphatic carbocycles. The lowest BCUT2D eigenvalue weighted by molar-refractivity contribution is -0.232. The molecule has 0 aliphatic heterocycles. The van der Waals surface area contributed by atoms with Crippen molar-refractivity contribution in [1.82, 2.24) is 0 Å². The van der Waals surface area contributed by atoms with E-state index in [2.05, 4.69) is 0 Å². The van der Waals surface area contributed by atoms with E-state index in [1.54, 1.807) is 0 Å². The normalized spacial score (nSPS) is 40.9. The van der Waals surface area contributed by atoms with E-state index < -0.39 is 59.4 Å². The Kier molecular flexibility index (Phi) is 2.53. The van der Waals surface area contributed by atoms with Crippen molar-refractivity contribution in [3.8, 4) is 0 Å². The first-order chi connectivity index (χ1) is 8.29. The third-order valence-corrected chi connectivity index (χ3v) is 4.02. The fourth-order valence-electron chi connectivity index (χ4n) is 3.34. The molecule has 0 bridgehead atoms. The molecule has 4 N–H and O–H groups in total. The monoisotopic (exact) mass is 258 g/mol. The predicted octanol–water partition coefficient (Wildman–Crippen LogP) is -0.951. The number of carboxylic acid groups (broad SMARTS) is 4.